The topological polar surface area (TPSA) is 82.7 Å². The normalized spacial score (nSPS) is 18.9. The molecule has 2 fully saturated rings. The number of hydrogen-bond acceptors (Lipinski definition) is 4. The van der Waals surface area contributed by atoms with Gasteiger partial charge in [-0.3, -0.25) is 0 Å². The average Bonchev–Trinajstić information content (AvgIpc) is 3.52. The molecule has 3 N–H and O–H groups in total. The summed E-state index contributed by atoms with van der Waals surface area (Å²) in [6.07, 6.45) is 5.39. The third-order valence-corrected chi connectivity index (χ3v) is 5.72. The molecule has 30 heavy (non-hydrogen) atoms. The summed E-state index contributed by atoms with van der Waals surface area (Å²) in [5, 5.41) is 8.80. The molecule has 1 atom stereocenters. The summed E-state index contributed by atoms with van der Waals surface area (Å²) in [4.78, 5) is 27.1. The predicted molar refractivity (Wildman–Crippen MR) is 120 cm³/mol. The van der Waals surface area contributed by atoms with E-state index in [0.717, 1.165) is 31.6 Å². The van der Waals surface area contributed by atoms with E-state index < -0.39 is 17.2 Å². The first-order valence-corrected chi connectivity index (χ1v) is 11.1. The van der Waals surface area contributed by atoms with Gasteiger partial charge in [-0.05, 0) is 90.0 Å². The number of alkyl carbamates (subject to hydrolysis) is 1. The van der Waals surface area contributed by atoms with Crippen molar-refractivity contribution in [1.29, 1.82) is 0 Å². The smallest absolute Gasteiger partial charge is 0.407 e. The molecule has 7 nitrogen and oxygen atoms in total. The Bertz CT molecular complexity index is 734. The van der Waals surface area contributed by atoms with E-state index in [1.807, 2.05) is 39.8 Å². The van der Waals surface area contributed by atoms with Crippen molar-refractivity contribution in [3.63, 3.8) is 0 Å². The van der Waals surface area contributed by atoms with Gasteiger partial charge in [0.2, 0.25) is 0 Å². The van der Waals surface area contributed by atoms with Crippen LogP contribution in [0.2, 0.25) is 0 Å². The van der Waals surface area contributed by atoms with E-state index in [1.54, 1.807) is 0 Å². The second kappa shape index (κ2) is 9.14. The molecule has 1 aliphatic heterocycles. The summed E-state index contributed by atoms with van der Waals surface area (Å²) < 4.78 is 5.31. The van der Waals surface area contributed by atoms with Crippen molar-refractivity contribution in [1.82, 2.24) is 10.6 Å². The molecule has 7 heteroatoms. The first kappa shape index (κ1) is 22.2. The maximum absolute atomic E-state index is 12.6. The van der Waals surface area contributed by atoms with Gasteiger partial charge in [0.1, 0.15) is 5.60 Å². The fraction of sp³-hybridized carbons (Fsp3) is 0.652. The highest BCUT2D eigenvalue weighted by molar-refractivity contribution is 5.90. The lowest BCUT2D eigenvalue weighted by Crippen LogP contribution is -2.56. The second-order valence-corrected chi connectivity index (χ2v) is 9.72. The van der Waals surface area contributed by atoms with Gasteiger partial charge in [-0.1, -0.05) is 0 Å². The highest BCUT2D eigenvalue weighted by Crippen LogP contribution is 2.39. The van der Waals surface area contributed by atoms with Crippen LogP contribution in [0.1, 0.15) is 59.8 Å². The number of nitrogens with one attached hydrogen (secondary N) is 3. The van der Waals surface area contributed by atoms with Gasteiger partial charge in [0.25, 0.3) is 0 Å². The van der Waals surface area contributed by atoms with Crippen LogP contribution in [0.15, 0.2) is 24.3 Å². The molecule has 1 aromatic rings. The number of hydrogen-bond donors (Lipinski definition) is 3. The maximum atomic E-state index is 12.6. The lowest BCUT2D eigenvalue weighted by Gasteiger charge is -2.32. The van der Waals surface area contributed by atoms with Crippen molar-refractivity contribution >= 4 is 23.5 Å². The Kier molecular flexibility index (Phi) is 6.78. The zero-order chi connectivity index (χ0) is 21.8. The SMILES string of the molecule is CC(C)(C)OC(=O)NCC(C)(NC(=O)Nc1ccc(N2CCCCC2)cc1)C1CC1. The van der Waals surface area contributed by atoms with E-state index in [1.165, 1.54) is 24.9 Å². The number of carbonyl (C=O) groups is 2. The lowest BCUT2D eigenvalue weighted by atomic mass is 9.96. The number of benzene rings is 1. The molecule has 1 saturated carbocycles. The van der Waals surface area contributed by atoms with Crippen LogP contribution in [0.5, 0.6) is 0 Å². The Labute approximate surface area is 179 Å². The summed E-state index contributed by atoms with van der Waals surface area (Å²) in [6, 6.07) is 7.74. The van der Waals surface area contributed by atoms with Gasteiger partial charge in [0.15, 0.2) is 0 Å². The third-order valence-electron chi connectivity index (χ3n) is 5.72. The van der Waals surface area contributed by atoms with Gasteiger partial charge in [-0.15, -0.1) is 0 Å². The number of amides is 3. The molecule has 1 unspecified atom stereocenters. The van der Waals surface area contributed by atoms with E-state index in [9.17, 15) is 9.59 Å². The van der Waals surface area contributed by atoms with Gasteiger partial charge in [-0.2, -0.15) is 0 Å². The molecular formula is C23H36N4O3. The Morgan fingerprint density at radius 3 is 2.23 bits per heavy atom. The van der Waals surface area contributed by atoms with Gasteiger partial charge in [0, 0.05) is 31.0 Å². The highest BCUT2D eigenvalue weighted by atomic mass is 16.6. The van der Waals surface area contributed by atoms with Gasteiger partial charge < -0.3 is 25.6 Å². The van der Waals surface area contributed by atoms with Crippen molar-refractivity contribution in [3.8, 4) is 0 Å². The number of carbonyl (C=O) groups excluding carboxylic acids is 2. The molecule has 1 aliphatic carbocycles. The summed E-state index contributed by atoms with van der Waals surface area (Å²) in [5.41, 5.74) is 0.886. The summed E-state index contributed by atoms with van der Waals surface area (Å²) in [6.45, 7) is 9.98. The van der Waals surface area contributed by atoms with E-state index in [0.29, 0.717) is 12.5 Å². The number of rotatable bonds is 6. The van der Waals surface area contributed by atoms with Crippen molar-refractivity contribution in [2.75, 3.05) is 29.9 Å². The minimum atomic E-state index is -0.550. The summed E-state index contributed by atoms with van der Waals surface area (Å²) >= 11 is 0. The molecule has 3 amide bonds. The largest absolute Gasteiger partial charge is 0.444 e. The molecule has 0 aromatic heterocycles. The van der Waals surface area contributed by atoms with Crippen LogP contribution in [-0.4, -0.2) is 42.9 Å². The minimum Gasteiger partial charge on any atom is -0.444 e. The van der Waals surface area contributed by atoms with Crippen LogP contribution in [0, 0.1) is 5.92 Å². The molecule has 1 aromatic carbocycles. The zero-order valence-corrected chi connectivity index (χ0v) is 18.7. The molecule has 0 radical (unpaired) electrons. The molecule has 0 spiro atoms. The molecule has 1 heterocycles. The third kappa shape index (κ3) is 6.54. The van der Waals surface area contributed by atoms with Crippen LogP contribution in [0.3, 0.4) is 0 Å². The van der Waals surface area contributed by atoms with Crippen LogP contribution in [0.4, 0.5) is 21.0 Å². The van der Waals surface area contributed by atoms with Crippen LogP contribution >= 0.6 is 0 Å². The van der Waals surface area contributed by atoms with Crippen LogP contribution in [-0.2, 0) is 4.74 Å². The molecule has 166 valence electrons. The quantitative estimate of drug-likeness (QED) is 0.638. The van der Waals surface area contributed by atoms with E-state index >= 15 is 0 Å². The standard InChI is InChI=1S/C23H36N4O3/c1-22(2,3)30-21(29)24-16-23(4,17-8-9-17)26-20(28)25-18-10-12-19(13-11-18)27-14-6-5-7-15-27/h10-13,17H,5-9,14-16H2,1-4H3,(H,24,29)(H2,25,26,28). The first-order chi connectivity index (χ1) is 14.1. The number of ether oxygens (including phenoxy) is 1. The number of anilines is 2. The average molecular weight is 417 g/mol. The summed E-state index contributed by atoms with van der Waals surface area (Å²) in [5.74, 6) is 0.347. The van der Waals surface area contributed by atoms with Crippen LogP contribution in [0.25, 0.3) is 0 Å². The molecule has 0 bridgehead atoms. The van der Waals surface area contributed by atoms with Gasteiger partial charge in [0.05, 0.1) is 5.54 Å². The number of urea groups is 1. The molecular weight excluding hydrogens is 380 g/mol. The molecule has 3 rings (SSSR count). The van der Waals surface area contributed by atoms with Crippen molar-refractivity contribution in [2.45, 2.75) is 70.9 Å². The van der Waals surface area contributed by atoms with Crippen molar-refractivity contribution in [2.24, 2.45) is 5.92 Å². The van der Waals surface area contributed by atoms with Crippen molar-refractivity contribution < 1.29 is 14.3 Å². The lowest BCUT2D eigenvalue weighted by molar-refractivity contribution is 0.0509. The Morgan fingerprint density at radius 2 is 1.67 bits per heavy atom. The Hall–Kier alpha value is -2.44. The van der Waals surface area contributed by atoms with E-state index in [4.69, 9.17) is 4.74 Å². The summed E-state index contributed by atoms with van der Waals surface area (Å²) in [7, 11) is 0. The fourth-order valence-corrected chi connectivity index (χ4v) is 3.91. The van der Waals surface area contributed by atoms with Gasteiger partial charge >= 0.3 is 12.1 Å². The van der Waals surface area contributed by atoms with E-state index in [2.05, 4.69) is 33.0 Å². The number of piperidine rings is 1. The van der Waals surface area contributed by atoms with Crippen LogP contribution < -0.4 is 20.9 Å². The second-order valence-electron chi connectivity index (χ2n) is 9.72. The molecule has 1 saturated heterocycles. The maximum Gasteiger partial charge on any atom is 0.407 e. The number of nitrogens with zero attached hydrogens (tertiary/aromatic N) is 1. The van der Waals surface area contributed by atoms with E-state index in [-0.39, 0.29) is 6.03 Å². The Morgan fingerprint density at radius 1 is 1.03 bits per heavy atom. The monoisotopic (exact) mass is 416 g/mol. The minimum absolute atomic E-state index is 0.263. The Balaban J connectivity index is 1.53. The predicted octanol–water partition coefficient (Wildman–Crippen LogP) is 4.49. The van der Waals surface area contributed by atoms with Gasteiger partial charge in [-0.25, -0.2) is 9.59 Å². The first-order valence-electron chi connectivity index (χ1n) is 11.1. The fourth-order valence-electron chi connectivity index (χ4n) is 3.91. The molecule has 2 aliphatic rings. The van der Waals surface area contributed by atoms with Crippen molar-refractivity contribution in [3.05, 3.63) is 24.3 Å². The zero-order valence-electron chi connectivity index (χ0n) is 18.7. The highest BCUT2D eigenvalue weighted by Gasteiger charge is 2.43.